The first-order valence-corrected chi connectivity index (χ1v) is 7.80. The Morgan fingerprint density at radius 1 is 1.29 bits per heavy atom. The SMILES string of the molecule is NC(=O)c1cnc2ccc(N3CCCC3c3cccc(F)c3)nn12. The summed E-state index contributed by atoms with van der Waals surface area (Å²) in [5.41, 5.74) is 7.10. The molecule has 1 atom stereocenters. The predicted molar refractivity (Wildman–Crippen MR) is 87.2 cm³/mol. The van der Waals surface area contributed by atoms with Crippen molar-refractivity contribution in [1.29, 1.82) is 0 Å². The van der Waals surface area contributed by atoms with Crippen molar-refractivity contribution in [3.63, 3.8) is 0 Å². The number of fused-ring (bicyclic) bond motifs is 1. The smallest absolute Gasteiger partial charge is 0.269 e. The number of rotatable bonds is 3. The molecule has 1 unspecified atom stereocenters. The molecule has 1 saturated heterocycles. The summed E-state index contributed by atoms with van der Waals surface area (Å²) in [6, 6.07) is 10.4. The van der Waals surface area contributed by atoms with Crippen LogP contribution in [0.15, 0.2) is 42.6 Å². The fourth-order valence-electron chi connectivity index (χ4n) is 3.29. The molecule has 2 N–H and O–H groups in total. The molecule has 6 nitrogen and oxygen atoms in total. The van der Waals surface area contributed by atoms with Crippen LogP contribution in [0, 0.1) is 5.82 Å². The molecular formula is C17H16FN5O. The van der Waals surface area contributed by atoms with Crippen LogP contribution in [0.2, 0.25) is 0 Å². The highest BCUT2D eigenvalue weighted by Crippen LogP contribution is 2.35. The van der Waals surface area contributed by atoms with E-state index in [2.05, 4.69) is 15.0 Å². The maximum absolute atomic E-state index is 13.6. The summed E-state index contributed by atoms with van der Waals surface area (Å²) in [6.07, 6.45) is 3.34. The largest absolute Gasteiger partial charge is 0.364 e. The molecule has 122 valence electrons. The van der Waals surface area contributed by atoms with Crippen molar-refractivity contribution in [3.8, 4) is 0 Å². The van der Waals surface area contributed by atoms with Gasteiger partial charge in [0.2, 0.25) is 0 Å². The van der Waals surface area contributed by atoms with E-state index >= 15 is 0 Å². The van der Waals surface area contributed by atoms with Gasteiger partial charge in [-0.05, 0) is 42.7 Å². The number of carbonyl (C=O) groups is 1. The first kappa shape index (κ1) is 14.6. The Bertz CT molecular complexity index is 922. The Hall–Kier alpha value is -2.96. The summed E-state index contributed by atoms with van der Waals surface area (Å²) in [4.78, 5) is 17.7. The molecule has 0 radical (unpaired) electrons. The molecule has 0 spiro atoms. The monoisotopic (exact) mass is 325 g/mol. The molecule has 3 aromatic rings. The molecule has 1 aliphatic rings. The molecule has 1 fully saturated rings. The van der Waals surface area contributed by atoms with E-state index in [0.717, 1.165) is 30.8 Å². The average molecular weight is 325 g/mol. The zero-order chi connectivity index (χ0) is 16.7. The van der Waals surface area contributed by atoms with Crippen LogP contribution in [0.1, 0.15) is 34.9 Å². The van der Waals surface area contributed by atoms with Crippen molar-refractivity contribution >= 4 is 17.4 Å². The molecule has 4 rings (SSSR count). The molecule has 3 heterocycles. The van der Waals surface area contributed by atoms with Crippen LogP contribution in [0.4, 0.5) is 10.2 Å². The molecule has 2 aromatic heterocycles. The van der Waals surface area contributed by atoms with Crippen molar-refractivity contribution < 1.29 is 9.18 Å². The number of nitrogens with two attached hydrogens (primary N) is 1. The van der Waals surface area contributed by atoms with Gasteiger partial charge in [0.25, 0.3) is 5.91 Å². The number of benzene rings is 1. The molecule has 0 bridgehead atoms. The maximum Gasteiger partial charge on any atom is 0.269 e. The van der Waals surface area contributed by atoms with Crippen LogP contribution in [-0.4, -0.2) is 27.0 Å². The van der Waals surface area contributed by atoms with Crippen LogP contribution in [-0.2, 0) is 0 Å². The fourth-order valence-corrected chi connectivity index (χ4v) is 3.29. The molecule has 1 amide bonds. The zero-order valence-corrected chi connectivity index (χ0v) is 12.9. The van der Waals surface area contributed by atoms with E-state index < -0.39 is 5.91 Å². The van der Waals surface area contributed by atoms with E-state index in [9.17, 15) is 9.18 Å². The number of aromatic nitrogens is 3. The number of imidazole rings is 1. The Morgan fingerprint density at radius 2 is 2.17 bits per heavy atom. The van der Waals surface area contributed by atoms with Gasteiger partial charge in [-0.2, -0.15) is 0 Å². The normalized spacial score (nSPS) is 17.5. The quantitative estimate of drug-likeness (QED) is 0.802. The number of nitrogens with zero attached hydrogens (tertiary/aromatic N) is 4. The predicted octanol–water partition coefficient (Wildman–Crippen LogP) is 2.31. The van der Waals surface area contributed by atoms with E-state index in [1.54, 1.807) is 18.2 Å². The number of hydrogen-bond acceptors (Lipinski definition) is 4. The van der Waals surface area contributed by atoms with Crippen molar-refractivity contribution in [1.82, 2.24) is 14.6 Å². The number of anilines is 1. The van der Waals surface area contributed by atoms with Crippen LogP contribution in [0.3, 0.4) is 0 Å². The minimum Gasteiger partial charge on any atom is -0.364 e. The van der Waals surface area contributed by atoms with Crippen LogP contribution < -0.4 is 10.6 Å². The molecule has 1 aliphatic heterocycles. The lowest BCUT2D eigenvalue weighted by Crippen LogP contribution is -2.25. The third-order valence-electron chi connectivity index (χ3n) is 4.38. The highest BCUT2D eigenvalue weighted by molar-refractivity contribution is 5.91. The highest BCUT2D eigenvalue weighted by atomic mass is 19.1. The first-order valence-electron chi connectivity index (χ1n) is 7.80. The van der Waals surface area contributed by atoms with Crippen molar-refractivity contribution in [3.05, 3.63) is 59.7 Å². The van der Waals surface area contributed by atoms with Crippen molar-refractivity contribution in [2.45, 2.75) is 18.9 Å². The van der Waals surface area contributed by atoms with Gasteiger partial charge in [-0.25, -0.2) is 13.9 Å². The number of halogens is 1. The average Bonchev–Trinajstić information content (AvgIpc) is 3.21. The topological polar surface area (TPSA) is 76.5 Å². The van der Waals surface area contributed by atoms with E-state index in [1.165, 1.54) is 16.8 Å². The number of amides is 1. The fraction of sp³-hybridized carbons (Fsp3) is 0.235. The maximum atomic E-state index is 13.6. The lowest BCUT2D eigenvalue weighted by molar-refractivity contribution is 0.0993. The molecule has 0 aliphatic carbocycles. The summed E-state index contributed by atoms with van der Waals surface area (Å²) >= 11 is 0. The second-order valence-electron chi connectivity index (χ2n) is 5.88. The Kier molecular flexibility index (Phi) is 3.41. The Balaban J connectivity index is 1.75. The third kappa shape index (κ3) is 2.38. The lowest BCUT2D eigenvalue weighted by Gasteiger charge is -2.26. The van der Waals surface area contributed by atoms with E-state index in [1.807, 2.05) is 12.1 Å². The van der Waals surface area contributed by atoms with Gasteiger partial charge in [-0.15, -0.1) is 5.10 Å². The van der Waals surface area contributed by atoms with Gasteiger partial charge < -0.3 is 10.6 Å². The number of hydrogen-bond donors (Lipinski definition) is 1. The van der Waals surface area contributed by atoms with Gasteiger partial charge >= 0.3 is 0 Å². The van der Waals surface area contributed by atoms with Gasteiger partial charge in [0.15, 0.2) is 5.65 Å². The minimum absolute atomic E-state index is 0.0613. The second kappa shape index (κ2) is 5.59. The summed E-state index contributed by atoms with van der Waals surface area (Å²) in [5.74, 6) is -0.0987. The van der Waals surface area contributed by atoms with Gasteiger partial charge in [-0.3, -0.25) is 4.79 Å². The van der Waals surface area contributed by atoms with Gasteiger partial charge in [-0.1, -0.05) is 12.1 Å². The first-order chi connectivity index (χ1) is 11.6. The number of carbonyl (C=O) groups excluding carboxylic acids is 1. The number of primary amides is 1. The molecule has 0 saturated carbocycles. The molecule has 1 aromatic carbocycles. The minimum atomic E-state index is -0.574. The molecule has 7 heteroatoms. The molecule has 24 heavy (non-hydrogen) atoms. The van der Waals surface area contributed by atoms with Crippen LogP contribution in [0.25, 0.3) is 5.65 Å². The zero-order valence-electron chi connectivity index (χ0n) is 12.9. The van der Waals surface area contributed by atoms with Gasteiger partial charge in [0.1, 0.15) is 17.3 Å². The van der Waals surface area contributed by atoms with Gasteiger partial charge in [0, 0.05) is 6.54 Å². The standard InChI is InChI=1S/C17H16FN5O/c18-12-4-1-3-11(9-12)13-5-2-8-22(13)16-7-6-15-20-10-14(17(19)24)23(15)21-16/h1,3-4,6-7,9-10,13H,2,5,8H2,(H2,19,24). The highest BCUT2D eigenvalue weighted by Gasteiger charge is 2.28. The van der Waals surface area contributed by atoms with Crippen molar-refractivity contribution in [2.75, 3.05) is 11.4 Å². The third-order valence-corrected chi connectivity index (χ3v) is 4.38. The Morgan fingerprint density at radius 3 is 2.96 bits per heavy atom. The lowest BCUT2D eigenvalue weighted by atomic mass is 10.0. The van der Waals surface area contributed by atoms with Crippen LogP contribution >= 0.6 is 0 Å². The van der Waals surface area contributed by atoms with E-state index in [0.29, 0.717) is 5.65 Å². The van der Waals surface area contributed by atoms with Crippen molar-refractivity contribution in [2.24, 2.45) is 5.73 Å². The second-order valence-corrected chi connectivity index (χ2v) is 5.88. The molecular weight excluding hydrogens is 309 g/mol. The summed E-state index contributed by atoms with van der Waals surface area (Å²) in [7, 11) is 0. The van der Waals surface area contributed by atoms with Gasteiger partial charge in [0.05, 0.1) is 12.2 Å². The summed E-state index contributed by atoms with van der Waals surface area (Å²) in [5, 5.41) is 4.52. The van der Waals surface area contributed by atoms with Crippen LogP contribution in [0.5, 0.6) is 0 Å². The summed E-state index contributed by atoms with van der Waals surface area (Å²) in [6.45, 7) is 0.820. The Labute approximate surface area is 137 Å². The summed E-state index contributed by atoms with van der Waals surface area (Å²) < 4.78 is 15.0. The van der Waals surface area contributed by atoms with E-state index in [-0.39, 0.29) is 17.6 Å². The van der Waals surface area contributed by atoms with E-state index in [4.69, 9.17) is 5.73 Å².